The molecule has 2 amide bonds. The highest BCUT2D eigenvalue weighted by Crippen LogP contribution is 2.16. The third-order valence-corrected chi connectivity index (χ3v) is 4.25. The number of nitrogens with zero attached hydrogens (tertiary/aromatic N) is 3. The van der Waals surface area contributed by atoms with Crippen molar-refractivity contribution in [3.05, 3.63) is 47.8 Å². The number of aromatic nitrogens is 2. The van der Waals surface area contributed by atoms with Crippen LogP contribution in [0.4, 0.5) is 0 Å². The summed E-state index contributed by atoms with van der Waals surface area (Å²) in [5.74, 6) is 0.424. The molecule has 24 heavy (non-hydrogen) atoms. The van der Waals surface area contributed by atoms with Gasteiger partial charge >= 0.3 is 0 Å². The number of nitrogens with one attached hydrogen (secondary N) is 1. The monoisotopic (exact) mass is 324 g/mol. The van der Waals surface area contributed by atoms with Gasteiger partial charge in [0.25, 0.3) is 5.91 Å². The van der Waals surface area contributed by atoms with Crippen molar-refractivity contribution in [3.8, 4) is 11.4 Å². The molecule has 0 bridgehead atoms. The first-order valence-corrected chi connectivity index (χ1v) is 7.98. The van der Waals surface area contributed by atoms with Crippen molar-refractivity contribution in [2.45, 2.75) is 25.8 Å². The molecule has 0 spiro atoms. The molecule has 6 nitrogen and oxygen atoms in total. The van der Waals surface area contributed by atoms with E-state index in [0.717, 1.165) is 12.0 Å². The predicted octanol–water partition coefficient (Wildman–Crippen LogP) is 1.80. The lowest BCUT2D eigenvalue weighted by Crippen LogP contribution is -2.46. The zero-order chi connectivity index (χ0) is 17.1. The zero-order valence-electron chi connectivity index (χ0n) is 13.8. The Labute approximate surface area is 140 Å². The number of likely N-dealkylation sites (tertiary alicyclic amines) is 1. The summed E-state index contributed by atoms with van der Waals surface area (Å²) in [6.45, 7) is 2.45. The van der Waals surface area contributed by atoms with Gasteiger partial charge in [-0.2, -0.15) is 0 Å². The van der Waals surface area contributed by atoms with Crippen LogP contribution >= 0.6 is 0 Å². The van der Waals surface area contributed by atoms with Gasteiger partial charge in [-0.05, 0) is 13.3 Å². The van der Waals surface area contributed by atoms with Crippen LogP contribution in [0, 0.1) is 6.92 Å². The quantitative estimate of drug-likeness (QED) is 0.934. The highest BCUT2D eigenvalue weighted by molar-refractivity contribution is 5.95. The van der Waals surface area contributed by atoms with Crippen LogP contribution in [0.2, 0.25) is 0 Å². The molecule has 1 aliphatic rings. The molecule has 1 N–H and O–H groups in total. The Morgan fingerprint density at radius 2 is 2.04 bits per heavy atom. The first kappa shape index (κ1) is 16.1. The molecule has 3 rings (SSSR count). The van der Waals surface area contributed by atoms with Crippen LogP contribution in [0.5, 0.6) is 0 Å². The fourth-order valence-corrected chi connectivity index (χ4v) is 2.75. The largest absolute Gasteiger partial charge is 0.349 e. The van der Waals surface area contributed by atoms with Crippen LogP contribution in [-0.4, -0.2) is 46.3 Å². The molecule has 2 heterocycles. The smallest absolute Gasteiger partial charge is 0.254 e. The van der Waals surface area contributed by atoms with Gasteiger partial charge in [0, 0.05) is 37.8 Å². The van der Waals surface area contributed by atoms with E-state index < -0.39 is 0 Å². The molecule has 2 aromatic rings. The Morgan fingerprint density at radius 3 is 2.71 bits per heavy atom. The average molecular weight is 324 g/mol. The number of amides is 2. The Morgan fingerprint density at radius 1 is 1.29 bits per heavy atom. The first-order chi connectivity index (χ1) is 11.5. The van der Waals surface area contributed by atoms with Crippen molar-refractivity contribution in [2.75, 3.05) is 13.6 Å². The minimum Gasteiger partial charge on any atom is -0.349 e. The molecule has 0 saturated carbocycles. The van der Waals surface area contributed by atoms with Crippen molar-refractivity contribution >= 4 is 11.8 Å². The lowest BCUT2D eigenvalue weighted by atomic mass is 10.0. The van der Waals surface area contributed by atoms with Gasteiger partial charge in [-0.3, -0.25) is 9.59 Å². The van der Waals surface area contributed by atoms with E-state index in [1.165, 1.54) is 0 Å². The van der Waals surface area contributed by atoms with Gasteiger partial charge < -0.3 is 10.2 Å². The maximum atomic E-state index is 12.5. The second kappa shape index (κ2) is 6.78. The summed E-state index contributed by atoms with van der Waals surface area (Å²) >= 11 is 0. The van der Waals surface area contributed by atoms with E-state index in [1.807, 2.05) is 30.3 Å². The van der Waals surface area contributed by atoms with E-state index in [0.29, 0.717) is 30.0 Å². The minimum atomic E-state index is -0.227. The summed E-state index contributed by atoms with van der Waals surface area (Å²) in [5.41, 5.74) is 1.98. The van der Waals surface area contributed by atoms with Crippen LogP contribution in [0.15, 0.2) is 36.5 Å². The van der Waals surface area contributed by atoms with Gasteiger partial charge in [0.15, 0.2) is 5.82 Å². The topological polar surface area (TPSA) is 75.2 Å². The number of carbonyl (C=O) groups is 2. The normalized spacial score (nSPS) is 17.7. The van der Waals surface area contributed by atoms with E-state index in [-0.39, 0.29) is 17.9 Å². The van der Waals surface area contributed by atoms with Crippen LogP contribution in [-0.2, 0) is 4.79 Å². The second-order valence-corrected chi connectivity index (χ2v) is 6.04. The number of piperidine rings is 1. The molecule has 1 aromatic carbocycles. The molecular weight excluding hydrogens is 304 g/mol. The molecule has 1 saturated heterocycles. The molecule has 6 heteroatoms. The Hall–Kier alpha value is -2.76. The Balaban J connectivity index is 1.73. The standard InChI is InChI=1S/C18H20N4O2/c1-12-15(11-19-17(20-12)13-6-4-3-5-7-13)18(24)21-14-8-9-22(2)16(23)10-14/h3-7,11,14H,8-10H2,1-2H3,(H,21,24)/t14-/m1/s1. The van der Waals surface area contributed by atoms with Gasteiger partial charge in [-0.25, -0.2) is 9.97 Å². The van der Waals surface area contributed by atoms with Gasteiger partial charge in [0.1, 0.15) is 0 Å². The van der Waals surface area contributed by atoms with E-state index in [1.54, 1.807) is 25.1 Å². The minimum absolute atomic E-state index is 0.0546. The highest BCUT2D eigenvalue weighted by atomic mass is 16.2. The van der Waals surface area contributed by atoms with Crippen molar-refractivity contribution in [2.24, 2.45) is 0 Å². The average Bonchev–Trinajstić information content (AvgIpc) is 2.59. The van der Waals surface area contributed by atoms with Crippen molar-refractivity contribution in [1.29, 1.82) is 0 Å². The van der Waals surface area contributed by atoms with Gasteiger partial charge in [-0.15, -0.1) is 0 Å². The molecule has 1 atom stereocenters. The Kier molecular flexibility index (Phi) is 4.55. The van der Waals surface area contributed by atoms with Gasteiger partial charge in [-0.1, -0.05) is 30.3 Å². The van der Waals surface area contributed by atoms with Gasteiger partial charge in [0.2, 0.25) is 5.91 Å². The van der Waals surface area contributed by atoms with Crippen molar-refractivity contribution in [1.82, 2.24) is 20.2 Å². The molecule has 0 unspecified atom stereocenters. The molecule has 1 fully saturated rings. The van der Waals surface area contributed by atoms with Crippen LogP contribution in [0.3, 0.4) is 0 Å². The Bertz CT molecular complexity index is 761. The number of benzene rings is 1. The summed E-state index contributed by atoms with van der Waals surface area (Å²) in [7, 11) is 1.78. The molecule has 0 aliphatic carbocycles. The maximum absolute atomic E-state index is 12.5. The van der Waals surface area contributed by atoms with Crippen LogP contribution < -0.4 is 5.32 Å². The lowest BCUT2D eigenvalue weighted by molar-refractivity contribution is -0.132. The van der Waals surface area contributed by atoms with E-state index in [2.05, 4.69) is 15.3 Å². The van der Waals surface area contributed by atoms with Gasteiger partial charge in [0.05, 0.1) is 11.3 Å². The summed E-state index contributed by atoms with van der Waals surface area (Å²) in [6.07, 6.45) is 2.65. The van der Waals surface area contributed by atoms with E-state index in [4.69, 9.17) is 0 Å². The second-order valence-electron chi connectivity index (χ2n) is 6.04. The number of hydrogen-bond donors (Lipinski definition) is 1. The molecule has 0 radical (unpaired) electrons. The van der Waals surface area contributed by atoms with Crippen molar-refractivity contribution < 1.29 is 9.59 Å². The van der Waals surface area contributed by atoms with Crippen LogP contribution in [0.1, 0.15) is 28.9 Å². The molecule has 1 aliphatic heterocycles. The highest BCUT2D eigenvalue weighted by Gasteiger charge is 2.25. The van der Waals surface area contributed by atoms with E-state index in [9.17, 15) is 9.59 Å². The third kappa shape index (κ3) is 3.42. The van der Waals surface area contributed by atoms with Crippen LogP contribution in [0.25, 0.3) is 11.4 Å². The maximum Gasteiger partial charge on any atom is 0.254 e. The number of hydrogen-bond acceptors (Lipinski definition) is 4. The molecule has 124 valence electrons. The summed E-state index contributed by atoms with van der Waals surface area (Å²) in [5, 5.41) is 2.92. The number of rotatable bonds is 3. The first-order valence-electron chi connectivity index (χ1n) is 7.98. The van der Waals surface area contributed by atoms with Crippen molar-refractivity contribution in [3.63, 3.8) is 0 Å². The SMILES string of the molecule is Cc1nc(-c2ccccc2)ncc1C(=O)N[C@@H]1CCN(C)C(=O)C1. The fraction of sp³-hybridized carbons (Fsp3) is 0.333. The number of carbonyl (C=O) groups excluding carboxylic acids is 2. The van der Waals surface area contributed by atoms with E-state index >= 15 is 0 Å². The number of aryl methyl sites for hydroxylation is 1. The fourth-order valence-electron chi connectivity index (χ4n) is 2.75. The summed E-state index contributed by atoms with van der Waals surface area (Å²) < 4.78 is 0. The predicted molar refractivity (Wildman–Crippen MR) is 90.3 cm³/mol. The third-order valence-electron chi connectivity index (χ3n) is 4.25. The summed E-state index contributed by atoms with van der Waals surface area (Å²) in [4.78, 5) is 34.6. The summed E-state index contributed by atoms with van der Waals surface area (Å²) in [6, 6.07) is 9.50. The lowest BCUT2D eigenvalue weighted by Gasteiger charge is -2.29. The zero-order valence-corrected chi connectivity index (χ0v) is 13.8. The molecular formula is C18H20N4O2. The molecule has 1 aromatic heterocycles.